The number of pyridine rings is 1. The number of hydrogen-bond donors (Lipinski definition) is 1. The van der Waals surface area contributed by atoms with Gasteiger partial charge in [-0.2, -0.15) is 0 Å². The molecule has 1 aromatic heterocycles. The average molecular weight is 375 g/mol. The van der Waals surface area contributed by atoms with Crippen molar-refractivity contribution in [2.45, 2.75) is 0 Å². The maximum atomic E-state index is 12.8. The molecule has 7 nitrogen and oxygen atoms in total. The van der Waals surface area contributed by atoms with E-state index in [4.69, 9.17) is 22.1 Å². The summed E-state index contributed by atoms with van der Waals surface area (Å²) in [7, 11) is 1.50. The number of nitrogen functional groups attached to an aromatic ring is 1. The molecule has 1 saturated heterocycles. The Morgan fingerprint density at radius 2 is 1.69 bits per heavy atom. The van der Waals surface area contributed by atoms with Gasteiger partial charge in [0.1, 0.15) is 5.75 Å². The molecule has 1 aromatic carbocycles. The lowest BCUT2D eigenvalue weighted by molar-refractivity contribution is 0.0533. The third-order valence-electron chi connectivity index (χ3n) is 4.31. The van der Waals surface area contributed by atoms with Gasteiger partial charge < -0.3 is 20.3 Å². The summed E-state index contributed by atoms with van der Waals surface area (Å²) in [5.41, 5.74) is 7.14. The number of ether oxygens (including phenoxy) is 1. The van der Waals surface area contributed by atoms with Crippen molar-refractivity contribution in [1.29, 1.82) is 0 Å². The minimum absolute atomic E-state index is 0.143. The predicted octanol–water partition coefficient (Wildman–Crippen LogP) is 1.92. The zero-order chi connectivity index (χ0) is 18.7. The molecule has 8 heteroatoms. The van der Waals surface area contributed by atoms with Gasteiger partial charge in [0.15, 0.2) is 0 Å². The zero-order valence-corrected chi connectivity index (χ0v) is 15.1. The summed E-state index contributed by atoms with van der Waals surface area (Å²) < 4.78 is 5.26. The van der Waals surface area contributed by atoms with Gasteiger partial charge in [-0.25, -0.2) is 0 Å². The lowest BCUT2D eigenvalue weighted by atomic mass is 10.1. The normalized spacial score (nSPS) is 14.2. The van der Waals surface area contributed by atoms with Gasteiger partial charge in [-0.1, -0.05) is 11.6 Å². The largest absolute Gasteiger partial charge is 0.496 e. The van der Waals surface area contributed by atoms with Gasteiger partial charge in [0.25, 0.3) is 11.8 Å². The van der Waals surface area contributed by atoms with E-state index in [0.717, 1.165) is 0 Å². The summed E-state index contributed by atoms with van der Waals surface area (Å²) in [5.74, 6) is 0.141. The van der Waals surface area contributed by atoms with Gasteiger partial charge in [-0.05, 0) is 18.2 Å². The summed E-state index contributed by atoms with van der Waals surface area (Å²) in [6.07, 6.45) is 2.98. The highest BCUT2D eigenvalue weighted by molar-refractivity contribution is 6.33. The first-order valence-electron chi connectivity index (χ1n) is 8.13. The SMILES string of the molecule is COc1cc(N)ccc1C(=O)N1CCN(C(=O)c2ccncc2Cl)CC1. The Labute approximate surface area is 156 Å². The second kappa shape index (κ2) is 7.61. The molecular weight excluding hydrogens is 356 g/mol. The molecule has 2 aromatic rings. The highest BCUT2D eigenvalue weighted by Gasteiger charge is 2.27. The van der Waals surface area contributed by atoms with E-state index in [-0.39, 0.29) is 11.8 Å². The lowest BCUT2D eigenvalue weighted by Gasteiger charge is -2.35. The van der Waals surface area contributed by atoms with Crippen LogP contribution in [-0.4, -0.2) is 59.9 Å². The van der Waals surface area contributed by atoms with Crippen molar-refractivity contribution in [1.82, 2.24) is 14.8 Å². The Balaban J connectivity index is 1.68. The molecule has 1 fully saturated rings. The van der Waals surface area contributed by atoms with Crippen LogP contribution < -0.4 is 10.5 Å². The van der Waals surface area contributed by atoms with E-state index in [0.29, 0.717) is 53.8 Å². The standard InChI is InChI=1S/C18H19ClN4O3/c1-26-16-10-12(20)2-3-14(16)18(25)23-8-6-22(7-9-23)17(24)13-4-5-21-11-15(13)19/h2-5,10-11H,6-9,20H2,1H3. The van der Waals surface area contributed by atoms with Crippen LogP contribution in [0.5, 0.6) is 5.75 Å². The van der Waals surface area contributed by atoms with E-state index in [1.165, 1.54) is 19.5 Å². The Kier molecular flexibility index (Phi) is 5.27. The van der Waals surface area contributed by atoms with Crippen LogP contribution >= 0.6 is 11.6 Å². The third-order valence-corrected chi connectivity index (χ3v) is 4.61. The summed E-state index contributed by atoms with van der Waals surface area (Å²) in [5, 5.41) is 0.322. The fourth-order valence-electron chi connectivity index (χ4n) is 2.89. The topological polar surface area (TPSA) is 88.8 Å². The molecule has 26 heavy (non-hydrogen) atoms. The number of nitrogens with zero attached hydrogens (tertiary/aromatic N) is 3. The van der Waals surface area contributed by atoms with Crippen molar-refractivity contribution >= 4 is 29.1 Å². The maximum absolute atomic E-state index is 12.8. The second-order valence-electron chi connectivity index (χ2n) is 5.90. The molecule has 0 unspecified atom stereocenters. The molecule has 0 bridgehead atoms. The van der Waals surface area contributed by atoms with Crippen molar-refractivity contribution in [3.05, 3.63) is 52.8 Å². The lowest BCUT2D eigenvalue weighted by Crippen LogP contribution is -2.50. The number of aromatic nitrogens is 1. The molecule has 0 aliphatic carbocycles. The fourth-order valence-corrected chi connectivity index (χ4v) is 3.09. The van der Waals surface area contributed by atoms with Gasteiger partial charge in [-0.3, -0.25) is 14.6 Å². The van der Waals surface area contributed by atoms with Gasteiger partial charge in [0.2, 0.25) is 0 Å². The quantitative estimate of drug-likeness (QED) is 0.829. The monoisotopic (exact) mass is 374 g/mol. The first kappa shape index (κ1) is 18.0. The van der Waals surface area contributed by atoms with E-state index in [1.54, 1.807) is 34.1 Å². The van der Waals surface area contributed by atoms with Gasteiger partial charge in [-0.15, -0.1) is 0 Å². The Hall–Kier alpha value is -2.80. The Morgan fingerprint density at radius 1 is 1.08 bits per heavy atom. The number of anilines is 1. The summed E-state index contributed by atoms with van der Waals surface area (Å²) in [4.78, 5) is 32.6. The number of piperazine rings is 1. The van der Waals surface area contributed by atoms with Crippen molar-refractivity contribution in [2.75, 3.05) is 39.0 Å². The number of benzene rings is 1. The van der Waals surface area contributed by atoms with Crippen LogP contribution in [0, 0.1) is 0 Å². The Bertz CT molecular complexity index is 835. The third kappa shape index (κ3) is 3.57. The average Bonchev–Trinajstić information content (AvgIpc) is 2.67. The first-order valence-corrected chi connectivity index (χ1v) is 8.50. The van der Waals surface area contributed by atoms with Crippen molar-refractivity contribution < 1.29 is 14.3 Å². The fraction of sp³-hybridized carbons (Fsp3) is 0.278. The molecule has 2 N–H and O–H groups in total. The van der Waals surface area contributed by atoms with Crippen molar-refractivity contribution in [3.63, 3.8) is 0 Å². The minimum atomic E-state index is -0.158. The molecule has 1 aliphatic heterocycles. The van der Waals surface area contributed by atoms with Gasteiger partial charge in [0, 0.05) is 50.3 Å². The van der Waals surface area contributed by atoms with Crippen LogP contribution in [0.1, 0.15) is 20.7 Å². The number of rotatable bonds is 3. The van der Waals surface area contributed by atoms with Crippen molar-refractivity contribution in [3.8, 4) is 5.75 Å². The van der Waals surface area contributed by atoms with Crippen LogP contribution in [0.2, 0.25) is 5.02 Å². The highest BCUT2D eigenvalue weighted by Crippen LogP contribution is 2.24. The molecule has 0 radical (unpaired) electrons. The second-order valence-corrected chi connectivity index (χ2v) is 6.31. The van der Waals surface area contributed by atoms with Crippen LogP contribution in [0.3, 0.4) is 0 Å². The van der Waals surface area contributed by atoms with E-state index in [9.17, 15) is 9.59 Å². The number of amides is 2. The summed E-state index contributed by atoms with van der Waals surface area (Å²) >= 11 is 6.04. The predicted molar refractivity (Wildman–Crippen MR) is 98.5 cm³/mol. The molecule has 0 atom stereocenters. The molecule has 2 amide bonds. The molecular formula is C18H19ClN4O3. The van der Waals surface area contributed by atoms with E-state index in [1.807, 2.05) is 0 Å². The number of halogens is 1. The highest BCUT2D eigenvalue weighted by atomic mass is 35.5. The molecule has 1 aliphatic rings. The minimum Gasteiger partial charge on any atom is -0.496 e. The van der Waals surface area contributed by atoms with Crippen LogP contribution in [0.4, 0.5) is 5.69 Å². The van der Waals surface area contributed by atoms with Gasteiger partial charge in [0.05, 0.1) is 23.3 Å². The maximum Gasteiger partial charge on any atom is 0.257 e. The van der Waals surface area contributed by atoms with E-state index in [2.05, 4.69) is 4.98 Å². The summed E-state index contributed by atoms with van der Waals surface area (Å²) in [6.45, 7) is 1.72. The molecule has 0 saturated carbocycles. The molecule has 136 valence electrons. The number of carbonyl (C=O) groups excluding carboxylic acids is 2. The number of nitrogens with two attached hydrogens (primary N) is 1. The Morgan fingerprint density at radius 3 is 2.27 bits per heavy atom. The van der Waals surface area contributed by atoms with E-state index < -0.39 is 0 Å². The van der Waals surface area contributed by atoms with E-state index >= 15 is 0 Å². The number of carbonyl (C=O) groups is 2. The van der Waals surface area contributed by atoms with Crippen molar-refractivity contribution in [2.24, 2.45) is 0 Å². The first-order chi connectivity index (χ1) is 12.5. The number of methoxy groups -OCH3 is 1. The zero-order valence-electron chi connectivity index (χ0n) is 14.3. The summed E-state index contributed by atoms with van der Waals surface area (Å²) in [6, 6.07) is 6.55. The smallest absolute Gasteiger partial charge is 0.257 e. The van der Waals surface area contributed by atoms with Gasteiger partial charge >= 0.3 is 0 Å². The van der Waals surface area contributed by atoms with Crippen LogP contribution in [0.25, 0.3) is 0 Å². The molecule has 0 spiro atoms. The molecule has 3 rings (SSSR count). The van der Waals surface area contributed by atoms with Crippen LogP contribution in [-0.2, 0) is 0 Å². The molecule has 2 heterocycles. The van der Waals surface area contributed by atoms with Crippen LogP contribution in [0.15, 0.2) is 36.7 Å². The number of hydrogen-bond acceptors (Lipinski definition) is 5.